The number of fused-ring (bicyclic) bond motifs is 1. The van der Waals surface area contributed by atoms with Gasteiger partial charge in [-0.3, -0.25) is 4.98 Å². The van der Waals surface area contributed by atoms with E-state index in [2.05, 4.69) is 87.0 Å². The summed E-state index contributed by atoms with van der Waals surface area (Å²) >= 11 is 0. The molecule has 0 unspecified atom stereocenters. The van der Waals surface area contributed by atoms with Crippen molar-refractivity contribution in [3.63, 3.8) is 0 Å². The largest absolute Gasteiger partial charge is 0.261 e. The van der Waals surface area contributed by atoms with Gasteiger partial charge in [0.15, 0.2) is 0 Å². The van der Waals surface area contributed by atoms with Gasteiger partial charge in [0.05, 0.1) is 0 Å². The second-order valence-corrected chi connectivity index (χ2v) is 6.51. The molecule has 0 saturated carbocycles. The Kier molecular flexibility index (Phi) is 7.95. The second-order valence-electron chi connectivity index (χ2n) is 6.51. The van der Waals surface area contributed by atoms with Crippen molar-refractivity contribution < 1.29 is 0 Å². The van der Waals surface area contributed by atoms with Crippen LogP contribution in [0.2, 0.25) is 0 Å². The van der Waals surface area contributed by atoms with Gasteiger partial charge < -0.3 is 0 Å². The van der Waals surface area contributed by atoms with Gasteiger partial charge in [-0.15, -0.1) is 0 Å². The minimum atomic E-state index is 0.930. The summed E-state index contributed by atoms with van der Waals surface area (Å²) in [6.45, 7) is 14.2. The van der Waals surface area contributed by atoms with E-state index in [1.54, 1.807) is 0 Å². The van der Waals surface area contributed by atoms with Gasteiger partial charge in [-0.25, -0.2) is 0 Å². The SMILES string of the molecule is C=C/C=C\C(=C/C)c1cc(C2=C(C)C=CC=CC2)c2c(C)nccc2c1.CC. The molecule has 1 heteroatoms. The Hall–Kier alpha value is -2.93. The standard InChI is InChI=1S/C25H25N.C2H6/c1-5-7-12-20(6-2)22-16-21-14-15-26-19(4)25(21)24(17-22)23-13-10-8-9-11-18(23)3;1-2/h5-12,14-17H,1,13H2,2-4H3;1-2H3/b12-7-,20-6+;. The molecule has 1 aromatic heterocycles. The Bertz CT molecular complexity index is 994. The normalized spacial score (nSPS) is 14.2. The number of rotatable bonds is 4. The topological polar surface area (TPSA) is 12.9 Å². The fraction of sp³-hybridized carbons (Fsp3) is 0.222. The molecule has 0 aliphatic heterocycles. The van der Waals surface area contributed by atoms with Gasteiger partial charge in [0.2, 0.25) is 0 Å². The average molecular weight is 370 g/mol. The summed E-state index contributed by atoms with van der Waals surface area (Å²) in [5, 5.41) is 2.48. The average Bonchev–Trinajstić information content (AvgIpc) is 2.94. The van der Waals surface area contributed by atoms with Gasteiger partial charge in [0.25, 0.3) is 0 Å². The highest BCUT2D eigenvalue weighted by molar-refractivity contribution is 5.99. The molecule has 0 radical (unpaired) electrons. The van der Waals surface area contributed by atoms with Crippen LogP contribution in [0.4, 0.5) is 0 Å². The van der Waals surface area contributed by atoms with Gasteiger partial charge in [-0.05, 0) is 78.6 Å². The molecule has 1 aliphatic rings. The highest BCUT2D eigenvalue weighted by Gasteiger charge is 2.14. The molecule has 0 fully saturated rings. The predicted octanol–water partition coefficient (Wildman–Crippen LogP) is 8.00. The summed E-state index contributed by atoms with van der Waals surface area (Å²) in [5.41, 5.74) is 7.44. The molecule has 3 rings (SSSR count). The monoisotopic (exact) mass is 369 g/mol. The molecule has 0 atom stereocenters. The Morgan fingerprint density at radius 1 is 1.14 bits per heavy atom. The van der Waals surface area contributed by atoms with E-state index in [1.165, 1.54) is 38.6 Å². The van der Waals surface area contributed by atoms with Crippen LogP contribution in [0.25, 0.3) is 21.9 Å². The Balaban J connectivity index is 0.00000136. The smallest absolute Gasteiger partial charge is 0.0457 e. The lowest BCUT2D eigenvalue weighted by atomic mass is 9.89. The zero-order valence-electron chi connectivity index (χ0n) is 17.8. The van der Waals surface area contributed by atoms with E-state index >= 15 is 0 Å². The van der Waals surface area contributed by atoms with Crippen molar-refractivity contribution in [2.45, 2.75) is 41.0 Å². The molecule has 144 valence electrons. The molecule has 1 aliphatic carbocycles. The molecule has 2 aromatic rings. The van der Waals surface area contributed by atoms with Crippen molar-refractivity contribution in [1.82, 2.24) is 4.98 Å². The van der Waals surface area contributed by atoms with Crippen LogP contribution in [0.15, 0.2) is 85.2 Å². The van der Waals surface area contributed by atoms with Gasteiger partial charge in [0.1, 0.15) is 0 Å². The summed E-state index contributed by atoms with van der Waals surface area (Å²) in [4.78, 5) is 4.56. The third-order valence-electron chi connectivity index (χ3n) is 4.83. The predicted molar refractivity (Wildman–Crippen MR) is 126 cm³/mol. The first-order chi connectivity index (χ1) is 13.7. The van der Waals surface area contributed by atoms with Crippen LogP contribution in [0, 0.1) is 6.92 Å². The van der Waals surface area contributed by atoms with Crippen LogP contribution >= 0.6 is 0 Å². The van der Waals surface area contributed by atoms with Crippen LogP contribution in [-0.2, 0) is 0 Å². The summed E-state index contributed by atoms with van der Waals surface area (Å²) in [6.07, 6.45) is 19.5. The van der Waals surface area contributed by atoms with E-state index in [9.17, 15) is 0 Å². The summed E-state index contributed by atoms with van der Waals surface area (Å²) < 4.78 is 0. The number of benzene rings is 1. The number of pyridine rings is 1. The second kappa shape index (κ2) is 10.4. The molecule has 0 amide bonds. The molecule has 1 nitrogen and oxygen atoms in total. The van der Waals surface area contributed by atoms with Crippen molar-refractivity contribution in [3.05, 3.63) is 102 Å². The van der Waals surface area contributed by atoms with Gasteiger partial charge in [-0.1, -0.05) is 69.0 Å². The highest BCUT2D eigenvalue weighted by atomic mass is 14.7. The number of nitrogens with zero attached hydrogens (tertiary/aromatic N) is 1. The lowest BCUT2D eigenvalue weighted by Crippen LogP contribution is -1.96. The van der Waals surface area contributed by atoms with Crippen LogP contribution in [0.3, 0.4) is 0 Å². The van der Waals surface area contributed by atoms with Crippen molar-refractivity contribution in [1.29, 1.82) is 0 Å². The van der Waals surface area contributed by atoms with E-state index in [4.69, 9.17) is 0 Å². The number of hydrogen-bond acceptors (Lipinski definition) is 1. The van der Waals surface area contributed by atoms with Gasteiger partial charge in [-0.2, -0.15) is 0 Å². The molecular formula is C27H31N. The van der Waals surface area contributed by atoms with Crippen LogP contribution < -0.4 is 0 Å². The fourth-order valence-corrected chi connectivity index (χ4v) is 3.48. The number of aryl methyl sites for hydroxylation is 1. The number of allylic oxidation sites excluding steroid dienone is 11. The Morgan fingerprint density at radius 3 is 2.64 bits per heavy atom. The minimum Gasteiger partial charge on any atom is -0.261 e. The fourth-order valence-electron chi connectivity index (χ4n) is 3.48. The van der Waals surface area contributed by atoms with E-state index in [1.807, 2.05) is 32.2 Å². The lowest BCUT2D eigenvalue weighted by molar-refractivity contribution is 1.23. The lowest BCUT2D eigenvalue weighted by Gasteiger charge is -2.16. The van der Waals surface area contributed by atoms with Crippen molar-refractivity contribution in [2.75, 3.05) is 0 Å². The maximum atomic E-state index is 4.56. The molecule has 1 aromatic carbocycles. The number of aromatic nitrogens is 1. The zero-order chi connectivity index (χ0) is 20.5. The first kappa shape index (κ1) is 21.4. The molecule has 1 heterocycles. The summed E-state index contributed by atoms with van der Waals surface area (Å²) in [5.74, 6) is 0. The van der Waals surface area contributed by atoms with E-state index in [0.29, 0.717) is 0 Å². The van der Waals surface area contributed by atoms with Crippen LogP contribution in [0.5, 0.6) is 0 Å². The van der Waals surface area contributed by atoms with Crippen molar-refractivity contribution in [2.24, 2.45) is 0 Å². The minimum absolute atomic E-state index is 0.930. The third-order valence-corrected chi connectivity index (χ3v) is 4.83. The first-order valence-electron chi connectivity index (χ1n) is 10.0. The van der Waals surface area contributed by atoms with E-state index < -0.39 is 0 Å². The summed E-state index contributed by atoms with van der Waals surface area (Å²) in [7, 11) is 0. The molecule has 0 bridgehead atoms. The van der Waals surface area contributed by atoms with Crippen LogP contribution in [-0.4, -0.2) is 4.98 Å². The van der Waals surface area contributed by atoms with E-state index in [0.717, 1.165) is 12.1 Å². The Morgan fingerprint density at radius 2 is 1.93 bits per heavy atom. The van der Waals surface area contributed by atoms with E-state index in [-0.39, 0.29) is 0 Å². The molecular weight excluding hydrogens is 338 g/mol. The third kappa shape index (κ3) is 4.67. The van der Waals surface area contributed by atoms with Crippen molar-refractivity contribution >= 4 is 21.9 Å². The maximum Gasteiger partial charge on any atom is 0.0457 e. The molecule has 28 heavy (non-hydrogen) atoms. The zero-order valence-corrected chi connectivity index (χ0v) is 17.8. The number of hydrogen-bond donors (Lipinski definition) is 0. The molecule has 0 N–H and O–H groups in total. The van der Waals surface area contributed by atoms with Crippen molar-refractivity contribution in [3.8, 4) is 0 Å². The quantitative estimate of drug-likeness (QED) is 0.497. The van der Waals surface area contributed by atoms with Crippen LogP contribution in [0.1, 0.15) is 50.9 Å². The molecule has 0 saturated heterocycles. The summed E-state index contributed by atoms with van der Waals surface area (Å²) in [6, 6.07) is 6.68. The molecule has 0 spiro atoms. The van der Waals surface area contributed by atoms with Gasteiger partial charge in [0, 0.05) is 17.3 Å². The highest BCUT2D eigenvalue weighted by Crippen LogP contribution is 2.35. The maximum absolute atomic E-state index is 4.56. The first-order valence-corrected chi connectivity index (χ1v) is 10.0. The Labute approximate surface area is 170 Å². The van der Waals surface area contributed by atoms with Gasteiger partial charge >= 0.3 is 0 Å².